The summed E-state index contributed by atoms with van der Waals surface area (Å²) in [5, 5.41) is 45.0. The van der Waals surface area contributed by atoms with Crippen molar-refractivity contribution in [3.8, 4) is 28.6 Å². The average molecular weight is 574 g/mol. The lowest BCUT2D eigenvalue weighted by Crippen LogP contribution is -2.59. The van der Waals surface area contributed by atoms with Crippen molar-refractivity contribution in [2.24, 2.45) is 5.92 Å². The maximum atomic E-state index is 13.5. The fourth-order valence-electron chi connectivity index (χ4n) is 4.88. The molecule has 2 aromatic carbocycles. The molecule has 4 rings (SSSR count). The van der Waals surface area contributed by atoms with Crippen molar-refractivity contribution in [1.29, 1.82) is 0 Å². The molecule has 222 valence electrons. The van der Waals surface area contributed by atoms with Crippen LogP contribution in [0.2, 0.25) is 0 Å². The quantitative estimate of drug-likeness (QED) is 0.249. The van der Waals surface area contributed by atoms with E-state index in [4.69, 9.17) is 23.4 Å². The number of aliphatic hydroxyl groups excluding tert-OH is 4. The Morgan fingerprint density at radius 2 is 1.68 bits per heavy atom. The zero-order valence-corrected chi connectivity index (χ0v) is 23.4. The molecule has 0 aliphatic carbocycles. The molecule has 1 saturated heterocycles. The highest BCUT2D eigenvalue weighted by Gasteiger charge is 2.48. The SMILES string of the molecule is COc1ccc(-c2cc(=O)c3c(OC)c(C4OC(C(=O)NCC(C)C)C(O)C(O)C4O)c(CO)cc3o2)cc1OC. The van der Waals surface area contributed by atoms with Gasteiger partial charge in [0.15, 0.2) is 23.0 Å². The van der Waals surface area contributed by atoms with Crippen LogP contribution < -0.4 is 25.0 Å². The molecular weight excluding hydrogens is 538 g/mol. The summed E-state index contributed by atoms with van der Waals surface area (Å²) >= 11 is 0. The van der Waals surface area contributed by atoms with E-state index in [9.17, 15) is 30.0 Å². The third kappa shape index (κ3) is 5.74. The molecule has 1 aromatic heterocycles. The summed E-state index contributed by atoms with van der Waals surface area (Å²) < 4.78 is 28.1. The molecular formula is C29H35NO11. The smallest absolute Gasteiger partial charge is 0.251 e. The molecule has 1 amide bonds. The number of rotatable bonds is 9. The summed E-state index contributed by atoms with van der Waals surface area (Å²) in [4.78, 5) is 26.3. The lowest BCUT2D eigenvalue weighted by molar-refractivity contribution is -0.223. The number of benzene rings is 2. The third-order valence-corrected chi connectivity index (χ3v) is 6.98. The predicted octanol–water partition coefficient (Wildman–Crippen LogP) is 1.27. The van der Waals surface area contributed by atoms with Gasteiger partial charge in [0.1, 0.15) is 46.9 Å². The van der Waals surface area contributed by atoms with E-state index in [0.29, 0.717) is 23.6 Å². The molecule has 1 fully saturated rings. The van der Waals surface area contributed by atoms with Gasteiger partial charge in [-0.15, -0.1) is 0 Å². The summed E-state index contributed by atoms with van der Waals surface area (Å²) in [5.41, 5.74) is 0.276. The van der Waals surface area contributed by atoms with E-state index in [2.05, 4.69) is 5.32 Å². The van der Waals surface area contributed by atoms with E-state index in [1.54, 1.807) is 18.2 Å². The van der Waals surface area contributed by atoms with Gasteiger partial charge in [-0.3, -0.25) is 9.59 Å². The van der Waals surface area contributed by atoms with E-state index in [1.165, 1.54) is 33.5 Å². The van der Waals surface area contributed by atoms with Gasteiger partial charge < -0.3 is 49.1 Å². The van der Waals surface area contributed by atoms with Crippen LogP contribution in [-0.4, -0.2) is 78.6 Å². The van der Waals surface area contributed by atoms with Crippen molar-refractivity contribution in [3.63, 3.8) is 0 Å². The summed E-state index contributed by atoms with van der Waals surface area (Å²) in [6.45, 7) is 3.46. The normalized spacial score (nSPS) is 22.5. The number of amides is 1. The van der Waals surface area contributed by atoms with Gasteiger partial charge in [0, 0.05) is 23.7 Å². The first kappa shape index (κ1) is 30.3. The highest BCUT2D eigenvalue weighted by atomic mass is 16.5. The van der Waals surface area contributed by atoms with Crippen LogP contribution in [0.25, 0.3) is 22.3 Å². The summed E-state index contributed by atoms with van der Waals surface area (Å²) in [6.07, 6.45) is -8.23. The monoisotopic (exact) mass is 573 g/mol. The molecule has 12 heteroatoms. The van der Waals surface area contributed by atoms with Crippen LogP contribution in [0.15, 0.2) is 39.5 Å². The zero-order valence-electron chi connectivity index (χ0n) is 23.4. The molecule has 3 aromatic rings. The zero-order chi connectivity index (χ0) is 30.0. The number of hydrogen-bond donors (Lipinski definition) is 5. The highest BCUT2D eigenvalue weighted by Crippen LogP contribution is 2.43. The number of hydrogen-bond acceptors (Lipinski definition) is 11. The molecule has 5 N–H and O–H groups in total. The minimum Gasteiger partial charge on any atom is -0.495 e. The Balaban J connectivity index is 1.85. The van der Waals surface area contributed by atoms with Crippen LogP contribution in [0.4, 0.5) is 0 Å². The summed E-state index contributed by atoms with van der Waals surface area (Å²) in [6, 6.07) is 7.66. The third-order valence-electron chi connectivity index (χ3n) is 6.98. The molecule has 5 unspecified atom stereocenters. The van der Waals surface area contributed by atoms with E-state index >= 15 is 0 Å². The number of nitrogens with one attached hydrogen (secondary N) is 1. The number of methoxy groups -OCH3 is 3. The predicted molar refractivity (Wildman–Crippen MR) is 147 cm³/mol. The highest BCUT2D eigenvalue weighted by molar-refractivity contribution is 5.88. The van der Waals surface area contributed by atoms with E-state index < -0.39 is 48.5 Å². The molecule has 0 radical (unpaired) electrons. The lowest BCUT2D eigenvalue weighted by Gasteiger charge is -2.41. The Hall–Kier alpha value is -3.68. The van der Waals surface area contributed by atoms with Gasteiger partial charge in [0.25, 0.3) is 5.91 Å². The molecule has 1 aliphatic heterocycles. The van der Waals surface area contributed by atoms with Crippen molar-refractivity contribution < 1.29 is 48.6 Å². The molecule has 0 bridgehead atoms. The van der Waals surface area contributed by atoms with Crippen LogP contribution in [0.1, 0.15) is 31.1 Å². The van der Waals surface area contributed by atoms with Crippen LogP contribution in [0.5, 0.6) is 17.2 Å². The Bertz CT molecular complexity index is 1470. The molecule has 0 saturated carbocycles. The Labute approximate surface area is 236 Å². The molecule has 1 aliphatic rings. The van der Waals surface area contributed by atoms with Crippen LogP contribution >= 0.6 is 0 Å². The Kier molecular flexibility index (Phi) is 9.20. The van der Waals surface area contributed by atoms with E-state index in [0.717, 1.165) is 0 Å². The first-order chi connectivity index (χ1) is 19.6. The Morgan fingerprint density at radius 1 is 0.976 bits per heavy atom. The molecule has 2 heterocycles. The van der Waals surface area contributed by atoms with Crippen molar-refractivity contribution in [1.82, 2.24) is 5.32 Å². The topological polar surface area (TPSA) is 177 Å². The second-order valence-electron chi connectivity index (χ2n) is 10.1. The van der Waals surface area contributed by atoms with Gasteiger partial charge in [-0.25, -0.2) is 0 Å². The molecule has 12 nitrogen and oxygen atoms in total. The molecule has 0 spiro atoms. The van der Waals surface area contributed by atoms with E-state index in [1.807, 2.05) is 13.8 Å². The van der Waals surface area contributed by atoms with Crippen molar-refractivity contribution in [2.45, 2.75) is 51.0 Å². The van der Waals surface area contributed by atoms with E-state index in [-0.39, 0.29) is 39.5 Å². The fourth-order valence-corrected chi connectivity index (χ4v) is 4.88. The largest absolute Gasteiger partial charge is 0.495 e. The summed E-state index contributed by atoms with van der Waals surface area (Å²) in [7, 11) is 4.27. The van der Waals surface area contributed by atoms with Gasteiger partial charge >= 0.3 is 0 Å². The molecule has 5 atom stereocenters. The number of ether oxygens (including phenoxy) is 4. The Morgan fingerprint density at radius 3 is 2.29 bits per heavy atom. The van der Waals surface area contributed by atoms with Crippen molar-refractivity contribution in [2.75, 3.05) is 27.9 Å². The second-order valence-corrected chi connectivity index (χ2v) is 10.1. The second kappa shape index (κ2) is 12.5. The number of carbonyl (C=O) groups is 1. The fraction of sp³-hybridized carbons (Fsp3) is 0.448. The molecule has 41 heavy (non-hydrogen) atoms. The van der Waals surface area contributed by atoms with Crippen molar-refractivity contribution in [3.05, 3.63) is 51.7 Å². The summed E-state index contributed by atoms with van der Waals surface area (Å²) in [5.74, 6) is 0.461. The van der Waals surface area contributed by atoms with Gasteiger partial charge in [0.05, 0.1) is 27.9 Å². The van der Waals surface area contributed by atoms with Gasteiger partial charge in [-0.2, -0.15) is 0 Å². The van der Waals surface area contributed by atoms with Crippen LogP contribution in [-0.2, 0) is 16.1 Å². The number of aliphatic hydroxyl groups is 4. The van der Waals surface area contributed by atoms with Gasteiger partial charge in [0.2, 0.25) is 0 Å². The first-order valence-corrected chi connectivity index (χ1v) is 13.0. The van der Waals surface area contributed by atoms with Crippen molar-refractivity contribution >= 4 is 16.9 Å². The van der Waals surface area contributed by atoms with Gasteiger partial charge in [-0.05, 0) is 35.7 Å². The minimum absolute atomic E-state index is 0.0128. The lowest BCUT2D eigenvalue weighted by atomic mass is 9.87. The first-order valence-electron chi connectivity index (χ1n) is 13.0. The maximum Gasteiger partial charge on any atom is 0.251 e. The number of carbonyl (C=O) groups excluding carboxylic acids is 1. The van der Waals surface area contributed by atoms with Crippen LogP contribution in [0, 0.1) is 5.92 Å². The standard InChI is InChI=1S/C29H35NO11/c1-13(2)11-30-29(36)28-25(35)23(33)24(34)27(41-28)21-15(12-31)9-20-22(26(21)39-5)16(32)10-18(40-20)14-6-7-17(37-3)19(8-14)38-4/h6-10,13,23-25,27-28,31,33-35H,11-12H2,1-5H3,(H,30,36). The number of fused-ring (bicyclic) bond motifs is 1. The van der Waals surface area contributed by atoms with Crippen LogP contribution in [0.3, 0.4) is 0 Å². The average Bonchev–Trinajstić information content (AvgIpc) is 2.97. The maximum absolute atomic E-state index is 13.5. The minimum atomic E-state index is -1.78. The van der Waals surface area contributed by atoms with Gasteiger partial charge in [-0.1, -0.05) is 13.8 Å².